The van der Waals surface area contributed by atoms with Crippen LogP contribution in [0.3, 0.4) is 0 Å². The SMILES string of the molecule is CC1=C(N(C=O)CCC2CCCCC2)COC1=O.N=NN1C(=N)CCc2cc(CN)ccc21. The molecule has 33 heavy (non-hydrogen) atoms. The van der Waals surface area contributed by atoms with Crippen molar-refractivity contribution >= 4 is 23.9 Å². The van der Waals surface area contributed by atoms with Crippen molar-refractivity contribution in [3.63, 3.8) is 0 Å². The third kappa shape index (κ3) is 6.04. The first-order valence-electron chi connectivity index (χ1n) is 11.6. The third-order valence-corrected chi connectivity index (χ3v) is 6.65. The normalized spacial score (nSPS) is 18.3. The lowest BCUT2D eigenvalue weighted by Crippen LogP contribution is -2.29. The number of nitrogens with one attached hydrogen (secondary N) is 2. The Kier molecular flexibility index (Phi) is 8.71. The molecule has 1 fully saturated rings. The van der Waals surface area contributed by atoms with Crippen molar-refractivity contribution in [1.29, 1.82) is 10.9 Å². The summed E-state index contributed by atoms with van der Waals surface area (Å²) in [5.74, 6) is 0.813. The molecule has 1 aliphatic carbocycles. The Bertz CT molecular complexity index is 923. The number of anilines is 1. The van der Waals surface area contributed by atoms with Gasteiger partial charge in [-0.05, 0) is 42.9 Å². The van der Waals surface area contributed by atoms with Gasteiger partial charge in [0.05, 0.1) is 17.0 Å². The molecule has 0 atom stereocenters. The predicted molar refractivity (Wildman–Crippen MR) is 126 cm³/mol. The van der Waals surface area contributed by atoms with Crippen molar-refractivity contribution in [2.45, 2.75) is 64.8 Å². The minimum Gasteiger partial charge on any atom is -0.456 e. The Morgan fingerprint density at radius 3 is 2.64 bits per heavy atom. The second-order valence-corrected chi connectivity index (χ2v) is 8.77. The number of carbonyl (C=O) groups excluding carboxylic acids is 2. The van der Waals surface area contributed by atoms with E-state index in [4.69, 9.17) is 21.4 Å². The first kappa shape index (κ1) is 24.6. The Morgan fingerprint density at radius 2 is 2.03 bits per heavy atom. The zero-order chi connectivity index (χ0) is 23.8. The summed E-state index contributed by atoms with van der Waals surface area (Å²) in [5, 5.41) is 12.4. The first-order chi connectivity index (χ1) is 16.0. The number of nitrogens with two attached hydrogens (primary N) is 1. The van der Waals surface area contributed by atoms with E-state index in [9.17, 15) is 9.59 Å². The molecule has 0 radical (unpaired) electrons. The van der Waals surface area contributed by atoms with Gasteiger partial charge in [-0.15, -0.1) is 0 Å². The number of aryl methyl sites for hydroxylation is 1. The number of amides is 1. The van der Waals surface area contributed by atoms with E-state index in [0.717, 1.165) is 47.7 Å². The summed E-state index contributed by atoms with van der Waals surface area (Å²) >= 11 is 0. The van der Waals surface area contributed by atoms with Crippen LogP contribution < -0.4 is 10.7 Å². The topological polar surface area (TPSA) is 136 Å². The summed E-state index contributed by atoms with van der Waals surface area (Å²) in [5.41, 5.74) is 16.9. The highest BCUT2D eigenvalue weighted by atomic mass is 16.5. The van der Waals surface area contributed by atoms with Gasteiger partial charge in [0.2, 0.25) is 6.41 Å². The van der Waals surface area contributed by atoms with Gasteiger partial charge in [0.1, 0.15) is 12.4 Å². The highest BCUT2D eigenvalue weighted by Crippen LogP contribution is 2.29. The average molecular weight is 455 g/mol. The van der Waals surface area contributed by atoms with Crippen LogP contribution in [0, 0.1) is 16.9 Å². The van der Waals surface area contributed by atoms with E-state index in [-0.39, 0.29) is 12.6 Å². The largest absolute Gasteiger partial charge is 0.456 e. The van der Waals surface area contributed by atoms with Crippen LogP contribution in [0.25, 0.3) is 0 Å². The van der Waals surface area contributed by atoms with Gasteiger partial charge in [-0.25, -0.2) is 9.80 Å². The van der Waals surface area contributed by atoms with Gasteiger partial charge < -0.3 is 15.4 Å². The summed E-state index contributed by atoms with van der Waals surface area (Å²) in [6.07, 6.45) is 9.84. The minimum absolute atomic E-state index is 0.244. The lowest BCUT2D eigenvalue weighted by molar-refractivity contribution is -0.136. The van der Waals surface area contributed by atoms with Crippen LogP contribution in [0.1, 0.15) is 63.0 Å². The van der Waals surface area contributed by atoms with Crippen LogP contribution in [0.2, 0.25) is 0 Å². The number of benzene rings is 1. The standard InChI is InChI=1S/C14H21NO3.C10H13N5/c1-11-13(9-18-14(11)17)15(10-16)8-7-12-5-3-2-4-6-12;11-6-7-1-3-9-8(5-7)2-4-10(12)15(9)14-13/h10,12H,2-9H2,1H3;1,3,5,12-13H,2,4,6,11H2. The number of hydrogen-bond donors (Lipinski definition) is 3. The molecule has 0 spiro atoms. The van der Waals surface area contributed by atoms with E-state index >= 15 is 0 Å². The number of cyclic esters (lactones) is 1. The lowest BCUT2D eigenvalue weighted by Gasteiger charge is -2.26. The number of nitrogens with zero attached hydrogens (tertiary/aromatic N) is 3. The molecular weight excluding hydrogens is 420 g/mol. The second-order valence-electron chi connectivity index (χ2n) is 8.77. The van der Waals surface area contributed by atoms with Crippen molar-refractivity contribution in [3.05, 3.63) is 40.6 Å². The van der Waals surface area contributed by atoms with Gasteiger partial charge >= 0.3 is 5.97 Å². The molecule has 0 aromatic heterocycles. The van der Waals surface area contributed by atoms with Crippen molar-refractivity contribution in [2.75, 3.05) is 18.2 Å². The van der Waals surface area contributed by atoms with E-state index < -0.39 is 0 Å². The van der Waals surface area contributed by atoms with Crippen LogP contribution in [0.4, 0.5) is 5.69 Å². The zero-order valence-electron chi connectivity index (χ0n) is 19.3. The Hall–Kier alpha value is -3.07. The van der Waals surface area contributed by atoms with Crippen LogP contribution in [-0.2, 0) is 27.3 Å². The smallest absolute Gasteiger partial charge is 0.336 e. The Labute approximate surface area is 194 Å². The molecule has 3 aliphatic rings. The highest BCUT2D eigenvalue weighted by Gasteiger charge is 2.26. The van der Waals surface area contributed by atoms with E-state index in [1.807, 2.05) is 18.2 Å². The zero-order valence-corrected chi connectivity index (χ0v) is 19.3. The van der Waals surface area contributed by atoms with Crippen molar-refractivity contribution in [2.24, 2.45) is 16.9 Å². The quantitative estimate of drug-likeness (QED) is 0.324. The molecule has 0 saturated heterocycles. The van der Waals surface area contributed by atoms with E-state index in [1.54, 1.807) is 11.8 Å². The van der Waals surface area contributed by atoms with Crippen LogP contribution >= 0.6 is 0 Å². The molecule has 2 heterocycles. The highest BCUT2D eigenvalue weighted by molar-refractivity contribution is 5.97. The number of hydrogen-bond acceptors (Lipinski definition) is 7. The van der Waals surface area contributed by atoms with Gasteiger partial charge in [-0.3, -0.25) is 10.2 Å². The fourth-order valence-electron chi connectivity index (χ4n) is 4.61. The maximum atomic E-state index is 11.3. The number of amidine groups is 1. The van der Waals surface area contributed by atoms with Crippen molar-refractivity contribution < 1.29 is 14.3 Å². The molecule has 1 aromatic rings. The molecule has 0 bridgehead atoms. The van der Waals surface area contributed by atoms with Gasteiger partial charge in [0.15, 0.2) is 0 Å². The van der Waals surface area contributed by atoms with E-state index in [1.165, 1.54) is 37.1 Å². The fourth-order valence-corrected chi connectivity index (χ4v) is 4.61. The summed E-state index contributed by atoms with van der Waals surface area (Å²) in [6.45, 7) is 3.19. The van der Waals surface area contributed by atoms with E-state index in [2.05, 4.69) is 5.22 Å². The first-order valence-corrected chi connectivity index (χ1v) is 11.6. The molecule has 178 valence electrons. The van der Waals surface area contributed by atoms with Gasteiger partial charge in [-0.1, -0.05) is 49.5 Å². The molecule has 0 unspecified atom stereocenters. The maximum absolute atomic E-state index is 11.3. The summed E-state index contributed by atoms with van der Waals surface area (Å²) in [6, 6.07) is 5.82. The van der Waals surface area contributed by atoms with Crippen LogP contribution in [-0.4, -0.2) is 36.3 Å². The van der Waals surface area contributed by atoms with Crippen molar-refractivity contribution in [1.82, 2.24) is 4.90 Å². The number of rotatable bonds is 7. The van der Waals surface area contributed by atoms with Crippen molar-refractivity contribution in [3.8, 4) is 0 Å². The van der Waals surface area contributed by atoms with Gasteiger partial charge in [0, 0.05) is 19.5 Å². The molecule has 4 rings (SSSR count). The average Bonchev–Trinajstić information content (AvgIpc) is 3.18. The van der Waals surface area contributed by atoms with Crippen LogP contribution in [0.5, 0.6) is 0 Å². The molecule has 9 nitrogen and oxygen atoms in total. The summed E-state index contributed by atoms with van der Waals surface area (Å²) in [4.78, 5) is 24.1. The fraction of sp³-hybridized carbons (Fsp3) is 0.542. The lowest BCUT2D eigenvalue weighted by atomic mass is 9.87. The second kappa shape index (κ2) is 11.7. The molecule has 2 aliphatic heterocycles. The number of ether oxygens (including phenoxy) is 1. The predicted octanol–water partition coefficient (Wildman–Crippen LogP) is 4.07. The molecule has 1 saturated carbocycles. The monoisotopic (exact) mass is 454 g/mol. The minimum atomic E-state index is -0.297. The number of esters is 1. The Balaban J connectivity index is 0.000000189. The van der Waals surface area contributed by atoms with Gasteiger partial charge in [-0.2, -0.15) is 5.53 Å². The molecule has 9 heteroatoms. The summed E-state index contributed by atoms with van der Waals surface area (Å²) in [7, 11) is 0. The molecular formula is C24H34N6O3. The van der Waals surface area contributed by atoms with Crippen LogP contribution in [0.15, 0.2) is 34.7 Å². The molecule has 4 N–H and O–H groups in total. The molecule has 1 aromatic carbocycles. The third-order valence-electron chi connectivity index (χ3n) is 6.65. The number of fused-ring (bicyclic) bond motifs is 1. The summed E-state index contributed by atoms with van der Waals surface area (Å²) < 4.78 is 4.94. The Morgan fingerprint density at radius 1 is 1.27 bits per heavy atom. The molecule has 1 amide bonds. The van der Waals surface area contributed by atoms with E-state index in [0.29, 0.717) is 30.9 Å². The number of carbonyl (C=O) groups is 2. The van der Waals surface area contributed by atoms with Gasteiger partial charge in [0.25, 0.3) is 0 Å². The maximum Gasteiger partial charge on any atom is 0.336 e.